The van der Waals surface area contributed by atoms with Crippen LogP contribution in [0.4, 0.5) is 0 Å². The van der Waals surface area contributed by atoms with Crippen molar-refractivity contribution in [3.8, 4) is 5.75 Å². The Morgan fingerprint density at radius 1 is 1.37 bits per heavy atom. The molecule has 0 radical (unpaired) electrons. The number of hydrogen-bond acceptors (Lipinski definition) is 2. The highest BCUT2D eigenvalue weighted by molar-refractivity contribution is 5.94. The molecule has 3 nitrogen and oxygen atoms in total. The standard InChI is InChI=1S/C16H23NO2/c1-4-16(3)7-9-17(10-8-16)15(19)13-6-5-12(2)14(18)11-13/h5-6,11,18H,4,7-10H2,1-3H3. The maximum Gasteiger partial charge on any atom is 0.253 e. The van der Waals surface area contributed by atoms with Crippen LogP contribution < -0.4 is 0 Å². The highest BCUT2D eigenvalue weighted by atomic mass is 16.3. The van der Waals surface area contributed by atoms with Gasteiger partial charge in [-0.25, -0.2) is 0 Å². The lowest BCUT2D eigenvalue weighted by Gasteiger charge is -2.39. The minimum atomic E-state index is 0.0356. The van der Waals surface area contributed by atoms with Gasteiger partial charge in [-0.3, -0.25) is 4.79 Å². The van der Waals surface area contributed by atoms with Crippen LogP contribution in [0.1, 0.15) is 49.0 Å². The zero-order chi connectivity index (χ0) is 14.0. The molecular weight excluding hydrogens is 238 g/mol. The van der Waals surface area contributed by atoms with Crippen molar-refractivity contribution >= 4 is 5.91 Å². The van der Waals surface area contributed by atoms with Crippen LogP contribution in [0.3, 0.4) is 0 Å². The number of carbonyl (C=O) groups is 1. The van der Waals surface area contributed by atoms with Crippen LogP contribution in [0.15, 0.2) is 18.2 Å². The summed E-state index contributed by atoms with van der Waals surface area (Å²) in [4.78, 5) is 14.3. The molecule has 0 saturated carbocycles. The zero-order valence-corrected chi connectivity index (χ0v) is 12.1. The number of carbonyl (C=O) groups excluding carboxylic acids is 1. The molecule has 0 unspecified atom stereocenters. The number of aryl methyl sites for hydroxylation is 1. The molecule has 1 saturated heterocycles. The van der Waals surface area contributed by atoms with Gasteiger partial charge in [0.15, 0.2) is 0 Å². The molecule has 0 aromatic heterocycles. The van der Waals surface area contributed by atoms with Crippen LogP contribution in [0.2, 0.25) is 0 Å². The lowest BCUT2D eigenvalue weighted by atomic mass is 9.78. The minimum Gasteiger partial charge on any atom is -0.508 e. The molecule has 1 aromatic carbocycles. The molecule has 1 N–H and O–H groups in total. The normalized spacial score (nSPS) is 18.4. The van der Waals surface area contributed by atoms with Crippen molar-refractivity contribution in [1.29, 1.82) is 0 Å². The Morgan fingerprint density at radius 2 is 2.00 bits per heavy atom. The van der Waals surface area contributed by atoms with Crippen LogP contribution >= 0.6 is 0 Å². The summed E-state index contributed by atoms with van der Waals surface area (Å²) in [6, 6.07) is 5.17. The van der Waals surface area contributed by atoms with Gasteiger partial charge in [-0.15, -0.1) is 0 Å². The molecule has 2 rings (SSSR count). The lowest BCUT2D eigenvalue weighted by Crippen LogP contribution is -2.41. The SMILES string of the molecule is CCC1(C)CCN(C(=O)c2ccc(C)c(O)c2)CC1. The summed E-state index contributed by atoms with van der Waals surface area (Å²) in [5.41, 5.74) is 1.77. The van der Waals surface area contributed by atoms with E-state index in [1.54, 1.807) is 18.2 Å². The molecule has 0 aliphatic carbocycles. The van der Waals surface area contributed by atoms with E-state index in [-0.39, 0.29) is 11.7 Å². The molecule has 0 bridgehead atoms. The summed E-state index contributed by atoms with van der Waals surface area (Å²) in [6.45, 7) is 7.98. The predicted octanol–water partition coefficient (Wildman–Crippen LogP) is 3.35. The van der Waals surface area contributed by atoms with Crippen LogP contribution in [0, 0.1) is 12.3 Å². The van der Waals surface area contributed by atoms with Crippen LogP contribution in [-0.2, 0) is 0 Å². The summed E-state index contributed by atoms with van der Waals surface area (Å²) >= 11 is 0. The first-order chi connectivity index (χ1) is 8.95. The van der Waals surface area contributed by atoms with Gasteiger partial charge in [0.2, 0.25) is 0 Å². The number of hydrogen-bond donors (Lipinski definition) is 1. The molecule has 3 heteroatoms. The average Bonchev–Trinajstić information content (AvgIpc) is 2.42. The number of piperidine rings is 1. The number of nitrogens with zero attached hydrogens (tertiary/aromatic N) is 1. The number of phenolic OH excluding ortho intramolecular Hbond substituents is 1. The van der Waals surface area contributed by atoms with E-state index in [0.29, 0.717) is 11.0 Å². The first kappa shape index (κ1) is 13.9. The fraction of sp³-hybridized carbons (Fsp3) is 0.562. The van der Waals surface area contributed by atoms with Crippen LogP contribution in [0.25, 0.3) is 0 Å². The molecule has 0 spiro atoms. The van der Waals surface area contributed by atoms with Crippen molar-refractivity contribution in [2.45, 2.75) is 40.0 Å². The van der Waals surface area contributed by atoms with E-state index in [2.05, 4.69) is 13.8 Å². The number of amides is 1. The van der Waals surface area contributed by atoms with Crippen molar-refractivity contribution in [2.24, 2.45) is 5.41 Å². The van der Waals surface area contributed by atoms with Crippen molar-refractivity contribution in [1.82, 2.24) is 4.90 Å². The van der Waals surface area contributed by atoms with Crippen molar-refractivity contribution in [3.63, 3.8) is 0 Å². The third-order valence-corrected chi connectivity index (χ3v) is 4.57. The third kappa shape index (κ3) is 2.91. The molecule has 1 aromatic rings. The molecule has 104 valence electrons. The van der Waals surface area contributed by atoms with Crippen molar-refractivity contribution in [3.05, 3.63) is 29.3 Å². The van der Waals surface area contributed by atoms with E-state index >= 15 is 0 Å². The highest BCUT2D eigenvalue weighted by Gasteiger charge is 2.30. The second-order valence-electron chi connectivity index (χ2n) is 5.96. The predicted molar refractivity (Wildman–Crippen MR) is 76.4 cm³/mol. The first-order valence-corrected chi connectivity index (χ1v) is 7.04. The highest BCUT2D eigenvalue weighted by Crippen LogP contribution is 2.34. The number of rotatable bonds is 2. The fourth-order valence-corrected chi connectivity index (χ4v) is 2.53. The maximum absolute atomic E-state index is 12.4. The van der Waals surface area contributed by atoms with E-state index in [1.165, 1.54) is 6.42 Å². The van der Waals surface area contributed by atoms with Crippen LogP contribution in [0.5, 0.6) is 5.75 Å². The monoisotopic (exact) mass is 261 g/mol. The summed E-state index contributed by atoms with van der Waals surface area (Å²) in [5.74, 6) is 0.231. The van der Waals surface area contributed by atoms with E-state index in [4.69, 9.17) is 0 Å². The lowest BCUT2D eigenvalue weighted by molar-refractivity contribution is 0.0600. The summed E-state index contributed by atoms with van der Waals surface area (Å²) in [6.07, 6.45) is 3.29. The Bertz CT molecular complexity index is 474. The average molecular weight is 261 g/mol. The largest absolute Gasteiger partial charge is 0.508 e. The molecule has 1 fully saturated rings. The Kier molecular flexibility index (Phi) is 3.83. The number of likely N-dealkylation sites (tertiary alicyclic amines) is 1. The smallest absolute Gasteiger partial charge is 0.253 e. The van der Waals surface area contributed by atoms with E-state index < -0.39 is 0 Å². The Balaban J connectivity index is 2.07. The van der Waals surface area contributed by atoms with Gasteiger partial charge >= 0.3 is 0 Å². The Hall–Kier alpha value is -1.51. The van der Waals surface area contributed by atoms with Gasteiger partial charge in [0, 0.05) is 18.7 Å². The number of phenols is 1. The van der Waals surface area contributed by atoms with Crippen molar-refractivity contribution < 1.29 is 9.90 Å². The maximum atomic E-state index is 12.4. The van der Waals surface area contributed by atoms with Gasteiger partial charge in [0.1, 0.15) is 5.75 Å². The van der Waals surface area contributed by atoms with Gasteiger partial charge in [-0.1, -0.05) is 26.3 Å². The van der Waals surface area contributed by atoms with Gasteiger partial charge in [-0.05, 0) is 42.9 Å². The molecular formula is C16H23NO2. The second kappa shape index (κ2) is 5.24. The van der Waals surface area contributed by atoms with E-state index in [1.807, 2.05) is 11.8 Å². The van der Waals surface area contributed by atoms with Gasteiger partial charge < -0.3 is 10.0 Å². The zero-order valence-electron chi connectivity index (χ0n) is 12.1. The third-order valence-electron chi connectivity index (χ3n) is 4.57. The van der Waals surface area contributed by atoms with Crippen LogP contribution in [-0.4, -0.2) is 29.0 Å². The van der Waals surface area contributed by atoms with E-state index in [0.717, 1.165) is 31.5 Å². The molecule has 0 atom stereocenters. The summed E-state index contributed by atoms with van der Waals surface area (Å²) < 4.78 is 0. The quantitative estimate of drug-likeness (QED) is 0.887. The van der Waals surface area contributed by atoms with Gasteiger partial charge in [0.25, 0.3) is 5.91 Å². The Labute approximate surface area is 115 Å². The number of benzene rings is 1. The van der Waals surface area contributed by atoms with E-state index in [9.17, 15) is 9.90 Å². The molecule has 1 aliphatic heterocycles. The summed E-state index contributed by atoms with van der Waals surface area (Å²) in [7, 11) is 0. The Morgan fingerprint density at radius 3 is 2.53 bits per heavy atom. The first-order valence-electron chi connectivity index (χ1n) is 7.04. The minimum absolute atomic E-state index is 0.0356. The molecule has 1 heterocycles. The summed E-state index contributed by atoms with van der Waals surface area (Å²) in [5, 5.41) is 9.70. The second-order valence-corrected chi connectivity index (χ2v) is 5.96. The number of aromatic hydroxyl groups is 1. The topological polar surface area (TPSA) is 40.5 Å². The van der Waals surface area contributed by atoms with Gasteiger partial charge in [0.05, 0.1) is 0 Å². The molecule has 1 aliphatic rings. The molecule has 19 heavy (non-hydrogen) atoms. The molecule has 1 amide bonds. The van der Waals surface area contributed by atoms with Gasteiger partial charge in [-0.2, -0.15) is 0 Å². The van der Waals surface area contributed by atoms with Crippen molar-refractivity contribution in [2.75, 3.05) is 13.1 Å². The fourth-order valence-electron chi connectivity index (χ4n) is 2.53.